The van der Waals surface area contributed by atoms with Gasteiger partial charge >= 0.3 is 12.2 Å². The minimum absolute atomic E-state index is 0.0705. The molecule has 1 aromatic rings. The van der Waals surface area contributed by atoms with Crippen LogP contribution in [0.5, 0.6) is 0 Å². The van der Waals surface area contributed by atoms with E-state index < -0.39 is 23.2 Å². The lowest BCUT2D eigenvalue weighted by molar-refractivity contribution is -0.137. The highest BCUT2D eigenvalue weighted by Gasteiger charge is 2.33. The Labute approximate surface area is 156 Å². The van der Waals surface area contributed by atoms with Gasteiger partial charge in [0.25, 0.3) is 5.91 Å². The maximum atomic E-state index is 12.5. The molecule has 0 radical (unpaired) electrons. The highest BCUT2D eigenvalue weighted by Crippen LogP contribution is 2.29. The first kappa shape index (κ1) is 21.0. The minimum atomic E-state index is -4.44. The van der Waals surface area contributed by atoms with Gasteiger partial charge < -0.3 is 20.3 Å². The molecular formula is C18H24F3N3O3. The molecule has 150 valence electrons. The summed E-state index contributed by atoms with van der Waals surface area (Å²) in [6.07, 6.45) is -4.51. The van der Waals surface area contributed by atoms with Gasteiger partial charge in [-0.2, -0.15) is 13.2 Å². The van der Waals surface area contributed by atoms with Crippen molar-refractivity contribution >= 4 is 11.9 Å². The fourth-order valence-electron chi connectivity index (χ4n) is 2.98. The van der Waals surface area contributed by atoms with Crippen molar-refractivity contribution in [2.24, 2.45) is 0 Å². The van der Waals surface area contributed by atoms with Gasteiger partial charge in [-0.3, -0.25) is 4.79 Å². The van der Waals surface area contributed by atoms with Crippen LogP contribution in [0.4, 0.5) is 18.0 Å². The topological polar surface area (TPSA) is 70.7 Å². The molecule has 1 fully saturated rings. The molecule has 9 heteroatoms. The molecule has 0 spiro atoms. The number of rotatable bonds is 4. The van der Waals surface area contributed by atoms with Crippen LogP contribution < -0.4 is 10.6 Å². The van der Waals surface area contributed by atoms with Crippen LogP contribution in [0.25, 0.3) is 0 Å². The van der Waals surface area contributed by atoms with E-state index in [1.54, 1.807) is 4.90 Å². The zero-order chi connectivity index (χ0) is 20.2. The van der Waals surface area contributed by atoms with Gasteiger partial charge in [-0.25, -0.2) is 4.79 Å². The number of nitrogens with zero attached hydrogens (tertiary/aromatic N) is 1. The zero-order valence-corrected chi connectivity index (χ0v) is 15.5. The first-order valence-electron chi connectivity index (χ1n) is 8.64. The summed E-state index contributed by atoms with van der Waals surface area (Å²) >= 11 is 0. The summed E-state index contributed by atoms with van der Waals surface area (Å²) < 4.78 is 43.3. The molecule has 27 heavy (non-hydrogen) atoms. The molecule has 0 unspecified atom stereocenters. The summed E-state index contributed by atoms with van der Waals surface area (Å²) in [5.41, 5.74) is -1.11. The number of halogens is 3. The van der Waals surface area contributed by atoms with Crippen LogP contribution in [0.3, 0.4) is 0 Å². The molecule has 0 saturated carbocycles. The number of hydrogen-bond donors (Lipinski definition) is 2. The van der Waals surface area contributed by atoms with Gasteiger partial charge in [0.05, 0.1) is 23.8 Å². The Kier molecular flexibility index (Phi) is 6.35. The van der Waals surface area contributed by atoms with E-state index in [0.29, 0.717) is 13.1 Å². The number of ether oxygens (including phenoxy) is 1. The zero-order valence-electron chi connectivity index (χ0n) is 15.5. The van der Waals surface area contributed by atoms with Crippen molar-refractivity contribution in [3.63, 3.8) is 0 Å². The third-order valence-corrected chi connectivity index (χ3v) is 4.02. The van der Waals surface area contributed by atoms with Crippen LogP contribution in [-0.2, 0) is 10.9 Å². The van der Waals surface area contributed by atoms with Crippen molar-refractivity contribution < 1.29 is 27.5 Å². The average Bonchev–Trinajstić information content (AvgIpc) is 2.55. The lowest BCUT2D eigenvalue weighted by Crippen LogP contribution is -2.56. The molecule has 6 nitrogen and oxygen atoms in total. The Morgan fingerprint density at radius 2 is 1.78 bits per heavy atom. The Bertz CT molecular complexity index is 675. The highest BCUT2D eigenvalue weighted by molar-refractivity contribution is 5.94. The summed E-state index contributed by atoms with van der Waals surface area (Å²) in [4.78, 5) is 25.8. The van der Waals surface area contributed by atoms with E-state index >= 15 is 0 Å². The van der Waals surface area contributed by atoms with Crippen molar-refractivity contribution in [2.75, 3.05) is 26.2 Å². The smallest absolute Gasteiger partial charge is 0.369 e. The predicted molar refractivity (Wildman–Crippen MR) is 93.4 cm³/mol. The molecule has 0 aliphatic carbocycles. The van der Waals surface area contributed by atoms with Crippen molar-refractivity contribution in [3.05, 3.63) is 35.4 Å². The number of nitrogens with one attached hydrogen (secondary N) is 2. The first-order valence-corrected chi connectivity index (χ1v) is 8.64. The fourth-order valence-corrected chi connectivity index (χ4v) is 2.98. The van der Waals surface area contributed by atoms with Gasteiger partial charge in [-0.05, 0) is 45.0 Å². The van der Waals surface area contributed by atoms with Gasteiger partial charge in [0.2, 0.25) is 0 Å². The van der Waals surface area contributed by atoms with Gasteiger partial charge in [0.1, 0.15) is 0 Å². The number of hydrogen-bond acceptors (Lipinski definition) is 3. The van der Waals surface area contributed by atoms with E-state index in [1.165, 1.54) is 0 Å². The molecule has 2 N–H and O–H groups in total. The molecule has 3 amide bonds. The molecular weight excluding hydrogens is 363 g/mol. The second-order valence-electron chi connectivity index (χ2n) is 7.13. The number of carbonyl (C=O) groups is 2. The molecule has 1 aromatic carbocycles. The van der Waals surface area contributed by atoms with Gasteiger partial charge in [0.15, 0.2) is 0 Å². The fraction of sp³-hybridized carbons (Fsp3) is 0.556. The third-order valence-electron chi connectivity index (χ3n) is 4.02. The Morgan fingerprint density at radius 1 is 1.19 bits per heavy atom. The van der Waals surface area contributed by atoms with Crippen molar-refractivity contribution in [1.82, 2.24) is 15.5 Å². The largest absolute Gasteiger partial charge is 0.416 e. The van der Waals surface area contributed by atoms with E-state index in [2.05, 4.69) is 10.6 Å². The summed E-state index contributed by atoms with van der Waals surface area (Å²) in [7, 11) is 0. The average molecular weight is 387 g/mol. The Hall–Kier alpha value is -2.29. The summed E-state index contributed by atoms with van der Waals surface area (Å²) in [5.74, 6) is -0.501. The lowest BCUT2D eigenvalue weighted by atomic mass is 10.1. The lowest BCUT2D eigenvalue weighted by Gasteiger charge is -2.41. The van der Waals surface area contributed by atoms with E-state index in [4.69, 9.17) is 4.74 Å². The molecule has 0 aromatic heterocycles. The molecule has 1 heterocycles. The third kappa shape index (κ3) is 6.13. The Morgan fingerprint density at radius 3 is 2.33 bits per heavy atom. The van der Waals surface area contributed by atoms with E-state index in [1.807, 2.05) is 20.8 Å². The quantitative estimate of drug-likeness (QED) is 0.781. The van der Waals surface area contributed by atoms with Gasteiger partial charge in [-0.15, -0.1) is 0 Å². The van der Waals surface area contributed by atoms with Crippen LogP contribution in [0.1, 0.15) is 36.7 Å². The monoisotopic (exact) mass is 387 g/mol. The summed E-state index contributed by atoms with van der Waals surface area (Å²) in [5, 5.41) is 5.28. The number of benzene rings is 1. The second-order valence-corrected chi connectivity index (χ2v) is 7.13. The molecule has 1 saturated heterocycles. The van der Waals surface area contributed by atoms with E-state index in [-0.39, 0.29) is 30.8 Å². The van der Waals surface area contributed by atoms with Crippen LogP contribution in [0, 0.1) is 0 Å². The highest BCUT2D eigenvalue weighted by atomic mass is 19.4. The van der Waals surface area contributed by atoms with Crippen molar-refractivity contribution in [3.8, 4) is 0 Å². The Balaban J connectivity index is 1.76. The standard InChI is InChI=1S/C18H24F3N3O3/c1-12-10-24(11-17(2,3)27-12)16(26)23-9-8-22-15(25)13-4-6-14(7-5-13)18(19,20)21/h4-7,12H,8-11H2,1-3H3,(H,22,25)(H,23,26)/t12-/m1/s1. The van der Waals surface area contributed by atoms with E-state index in [0.717, 1.165) is 24.3 Å². The van der Waals surface area contributed by atoms with Gasteiger partial charge in [0, 0.05) is 25.2 Å². The molecule has 0 bridgehead atoms. The van der Waals surface area contributed by atoms with Gasteiger partial charge in [-0.1, -0.05) is 0 Å². The molecule has 1 atom stereocenters. The maximum Gasteiger partial charge on any atom is 0.416 e. The van der Waals surface area contributed by atoms with Crippen LogP contribution in [-0.4, -0.2) is 54.7 Å². The number of amides is 3. The SMILES string of the molecule is C[C@@H]1CN(C(=O)NCCNC(=O)c2ccc(C(F)(F)F)cc2)CC(C)(C)O1. The number of morpholine rings is 1. The number of carbonyl (C=O) groups excluding carboxylic acids is 2. The van der Waals surface area contributed by atoms with Crippen molar-refractivity contribution in [2.45, 2.75) is 38.7 Å². The second kappa shape index (κ2) is 8.16. The first-order chi connectivity index (χ1) is 12.5. The molecule has 2 rings (SSSR count). The molecule has 1 aliphatic heterocycles. The van der Waals surface area contributed by atoms with Crippen molar-refractivity contribution in [1.29, 1.82) is 0 Å². The number of urea groups is 1. The number of alkyl halides is 3. The van der Waals surface area contributed by atoms with E-state index in [9.17, 15) is 22.8 Å². The normalized spacial score (nSPS) is 19.5. The predicted octanol–water partition coefficient (Wildman–Crippen LogP) is 2.64. The summed E-state index contributed by atoms with van der Waals surface area (Å²) in [6, 6.07) is 3.71. The van der Waals surface area contributed by atoms with Crippen LogP contribution >= 0.6 is 0 Å². The molecule has 1 aliphatic rings. The van der Waals surface area contributed by atoms with Crippen LogP contribution in [0.15, 0.2) is 24.3 Å². The minimum Gasteiger partial charge on any atom is -0.369 e. The maximum absolute atomic E-state index is 12.5. The van der Waals surface area contributed by atoms with Crippen LogP contribution in [0.2, 0.25) is 0 Å². The summed E-state index contributed by atoms with van der Waals surface area (Å²) in [6.45, 7) is 7.02.